The fourth-order valence-corrected chi connectivity index (χ4v) is 2.85. The third kappa shape index (κ3) is 4.54. The first-order chi connectivity index (χ1) is 8.34. The minimum absolute atomic E-state index is 0.0231. The molecular formula is C13H25N3O. The first-order valence-corrected chi connectivity index (χ1v) is 7.12. The lowest BCUT2D eigenvalue weighted by molar-refractivity contribution is 0.232. The third-order valence-corrected chi connectivity index (χ3v) is 3.88. The molecule has 2 aliphatic rings. The zero-order valence-electron chi connectivity index (χ0n) is 10.6. The smallest absolute Gasteiger partial charge is 0.315 e. The summed E-state index contributed by atoms with van der Waals surface area (Å²) in [5, 5.41) is 9.48. The highest BCUT2D eigenvalue weighted by atomic mass is 16.2. The van der Waals surface area contributed by atoms with Crippen LogP contribution in [0.5, 0.6) is 0 Å². The SMILES string of the molecule is O=C(NCCC1CCCN1)NC1CCCCC1. The fraction of sp³-hybridized carbons (Fsp3) is 0.923. The highest BCUT2D eigenvalue weighted by molar-refractivity contribution is 5.74. The monoisotopic (exact) mass is 239 g/mol. The van der Waals surface area contributed by atoms with E-state index in [-0.39, 0.29) is 6.03 Å². The number of nitrogens with one attached hydrogen (secondary N) is 3. The number of hydrogen-bond donors (Lipinski definition) is 3. The van der Waals surface area contributed by atoms with E-state index in [4.69, 9.17) is 0 Å². The van der Waals surface area contributed by atoms with Crippen LogP contribution >= 0.6 is 0 Å². The average Bonchev–Trinajstić information content (AvgIpc) is 2.83. The molecule has 2 amide bonds. The van der Waals surface area contributed by atoms with Crippen LogP contribution in [0.15, 0.2) is 0 Å². The molecule has 2 rings (SSSR count). The quantitative estimate of drug-likeness (QED) is 0.700. The van der Waals surface area contributed by atoms with Gasteiger partial charge in [-0.05, 0) is 38.6 Å². The molecule has 1 unspecified atom stereocenters. The summed E-state index contributed by atoms with van der Waals surface area (Å²) in [4.78, 5) is 11.6. The van der Waals surface area contributed by atoms with Gasteiger partial charge < -0.3 is 16.0 Å². The lowest BCUT2D eigenvalue weighted by Crippen LogP contribution is -2.43. The summed E-state index contributed by atoms with van der Waals surface area (Å²) in [5.74, 6) is 0. The van der Waals surface area contributed by atoms with Gasteiger partial charge in [-0.2, -0.15) is 0 Å². The van der Waals surface area contributed by atoms with E-state index in [0.717, 1.165) is 32.4 Å². The lowest BCUT2D eigenvalue weighted by Gasteiger charge is -2.23. The number of urea groups is 1. The summed E-state index contributed by atoms with van der Waals surface area (Å²) in [7, 11) is 0. The topological polar surface area (TPSA) is 53.2 Å². The fourth-order valence-electron chi connectivity index (χ4n) is 2.85. The van der Waals surface area contributed by atoms with Crippen molar-refractivity contribution in [1.29, 1.82) is 0 Å². The van der Waals surface area contributed by atoms with Gasteiger partial charge in [0.2, 0.25) is 0 Å². The summed E-state index contributed by atoms with van der Waals surface area (Å²) in [6, 6.07) is 1.05. The van der Waals surface area contributed by atoms with Crippen molar-refractivity contribution < 1.29 is 4.79 Å². The molecule has 1 saturated heterocycles. The van der Waals surface area contributed by atoms with E-state index in [1.54, 1.807) is 0 Å². The van der Waals surface area contributed by atoms with E-state index in [0.29, 0.717) is 12.1 Å². The van der Waals surface area contributed by atoms with E-state index >= 15 is 0 Å². The van der Waals surface area contributed by atoms with Gasteiger partial charge in [0, 0.05) is 18.6 Å². The van der Waals surface area contributed by atoms with Crippen molar-refractivity contribution in [3.63, 3.8) is 0 Å². The normalized spacial score (nSPS) is 25.8. The second-order valence-corrected chi connectivity index (χ2v) is 5.32. The van der Waals surface area contributed by atoms with Gasteiger partial charge in [-0.1, -0.05) is 19.3 Å². The second-order valence-electron chi connectivity index (χ2n) is 5.32. The van der Waals surface area contributed by atoms with Crippen LogP contribution in [-0.2, 0) is 0 Å². The standard InChI is InChI=1S/C13H25N3O/c17-13(16-12-5-2-1-3-6-12)15-10-8-11-7-4-9-14-11/h11-12,14H,1-10H2,(H2,15,16,17). The molecule has 0 radical (unpaired) electrons. The Morgan fingerprint density at radius 3 is 2.65 bits per heavy atom. The van der Waals surface area contributed by atoms with Crippen LogP contribution in [0.2, 0.25) is 0 Å². The highest BCUT2D eigenvalue weighted by Crippen LogP contribution is 2.17. The first kappa shape index (κ1) is 12.7. The molecule has 0 aromatic rings. The minimum Gasteiger partial charge on any atom is -0.338 e. The van der Waals surface area contributed by atoms with Gasteiger partial charge in [0.1, 0.15) is 0 Å². The molecule has 1 heterocycles. The summed E-state index contributed by atoms with van der Waals surface area (Å²) < 4.78 is 0. The first-order valence-electron chi connectivity index (χ1n) is 7.12. The van der Waals surface area contributed by atoms with Crippen molar-refractivity contribution in [2.45, 2.75) is 63.5 Å². The van der Waals surface area contributed by atoms with Gasteiger partial charge in [-0.3, -0.25) is 0 Å². The van der Waals surface area contributed by atoms with E-state index < -0.39 is 0 Å². The molecular weight excluding hydrogens is 214 g/mol. The van der Waals surface area contributed by atoms with E-state index in [1.165, 1.54) is 32.1 Å². The summed E-state index contributed by atoms with van der Waals surface area (Å²) in [5.41, 5.74) is 0. The van der Waals surface area contributed by atoms with Crippen molar-refractivity contribution in [2.75, 3.05) is 13.1 Å². The highest BCUT2D eigenvalue weighted by Gasteiger charge is 2.16. The van der Waals surface area contributed by atoms with Crippen LogP contribution in [-0.4, -0.2) is 31.2 Å². The Labute approximate surface area is 104 Å². The van der Waals surface area contributed by atoms with Crippen LogP contribution in [0.25, 0.3) is 0 Å². The summed E-state index contributed by atoms with van der Waals surface area (Å²) in [6.07, 6.45) is 9.74. The van der Waals surface area contributed by atoms with Crippen molar-refractivity contribution >= 4 is 6.03 Å². The van der Waals surface area contributed by atoms with Crippen LogP contribution in [0.1, 0.15) is 51.4 Å². The van der Waals surface area contributed by atoms with Crippen LogP contribution < -0.4 is 16.0 Å². The lowest BCUT2D eigenvalue weighted by atomic mass is 9.96. The minimum atomic E-state index is 0.0231. The second kappa shape index (κ2) is 6.84. The van der Waals surface area contributed by atoms with E-state index in [2.05, 4.69) is 16.0 Å². The molecule has 1 aliphatic carbocycles. The van der Waals surface area contributed by atoms with E-state index in [1.807, 2.05) is 0 Å². The zero-order valence-corrected chi connectivity index (χ0v) is 10.6. The van der Waals surface area contributed by atoms with E-state index in [9.17, 15) is 4.79 Å². The molecule has 0 aromatic heterocycles. The number of carbonyl (C=O) groups is 1. The third-order valence-electron chi connectivity index (χ3n) is 3.88. The molecule has 17 heavy (non-hydrogen) atoms. The molecule has 1 aliphatic heterocycles. The van der Waals surface area contributed by atoms with Crippen molar-refractivity contribution in [2.24, 2.45) is 0 Å². The van der Waals surface area contributed by atoms with Crippen molar-refractivity contribution in [3.05, 3.63) is 0 Å². The largest absolute Gasteiger partial charge is 0.338 e. The summed E-state index contributed by atoms with van der Waals surface area (Å²) >= 11 is 0. The Morgan fingerprint density at radius 2 is 1.94 bits per heavy atom. The van der Waals surface area contributed by atoms with Gasteiger partial charge in [0.05, 0.1) is 0 Å². The molecule has 3 N–H and O–H groups in total. The molecule has 1 atom stereocenters. The molecule has 98 valence electrons. The zero-order chi connectivity index (χ0) is 11.9. The van der Waals surface area contributed by atoms with Gasteiger partial charge in [-0.25, -0.2) is 4.79 Å². The molecule has 0 aromatic carbocycles. The van der Waals surface area contributed by atoms with Crippen LogP contribution in [0.4, 0.5) is 4.79 Å². The molecule has 0 bridgehead atoms. The number of carbonyl (C=O) groups excluding carboxylic acids is 1. The Kier molecular flexibility index (Phi) is 5.10. The van der Waals surface area contributed by atoms with Gasteiger partial charge in [0.15, 0.2) is 0 Å². The molecule has 4 heteroatoms. The molecule has 4 nitrogen and oxygen atoms in total. The predicted octanol–water partition coefficient (Wildman–Crippen LogP) is 1.76. The van der Waals surface area contributed by atoms with Crippen LogP contribution in [0, 0.1) is 0 Å². The molecule has 0 spiro atoms. The van der Waals surface area contributed by atoms with Crippen molar-refractivity contribution in [3.8, 4) is 0 Å². The molecule has 2 fully saturated rings. The number of hydrogen-bond acceptors (Lipinski definition) is 2. The summed E-state index contributed by atoms with van der Waals surface area (Å²) in [6.45, 7) is 1.93. The Morgan fingerprint density at radius 1 is 1.12 bits per heavy atom. The Bertz CT molecular complexity index is 233. The maximum Gasteiger partial charge on any atom is 0.315 e. The number of rotatable bonds is 4. The molecule has 1 saturated carbocycles. The number of amides is 2. The van der Waals surface area contributed by atoms with Crippen molar-refractivity contribution in [1.82, 2.24) is 16.0 Å². The van der Waals surface area contributed by atoms with Gasteiger partial charge in [0.25, 0.3) is 0 Å². The van der Waals surface area contributed by atoms with Gasteiger partial charge in [-0.15, -0.1) is 0 Å². The Balaban J connectivity index is 1.53. The maximum absolute atomic E-state index is 11.6. The average molecular weight is 239 g/mol. The maximum atomic E-state index is 11.6. The van der Waals surface area contributed by atoms with Crippen LogP contribution in [0.3, 0.4) is 0 Å². The van der Waals surface area contributed by atoms with Gasteiger partial charge >= 0.3 is 6.03 Å². The predicted molar refractivity (Wildman–Crippen MR) is 69.0 cm³/mol. The Hall–Kier alpha value is -0.770.